The topological polar surface area (TPSA) is 88.2 Å². The van der Waals surface area contributed by atoms with E-state index >= 15 is 0 Å². The van der Waals surface area contributed by atoms with Crippen LogP contribution in [0.3, 0.4) is 0 Å². The fourth-order valence-electron chi connectivity index (χ4n) is 2.72. The highest BCUT2D eigenvalue weighted by atomic mass is 32.2. The molecule has 26 heavy (non-hydrogen) atoms. The first-order valence-corrected chi connectivity index (χ1v) is 9.79. The summed E-state index contributed by atoms with van der Waals surface area (Å²) >= 11 is 0. The van der Waals surface area contributed by atoms with E-state index in [1.165, 1.54) is 12.1 Å². The normalized spacial score (nSPS) is 14.3. The van der Waals surface area contributed by atoms with Gasteiger partial charge in [-0.3, -0.25) is 9.78 Å². The highest BCUT2D eigenvalue weighted by Gasteiger charge is 2.28. The Balaban J connectivity index is 1.61. The molecule has 4 rings (SSSR count). The zero-order chi connectivity index (χ0) is 18.1. The molecule has 1 heterocycles. The highest BCUT2D eigenvalue weighted by molar-refractivity contribution is 7.89. The zero-order valence-electron chi connectivity index (χ0n) is 13.8. The third kappa shape index (κ3) is 3.44. The van der Waals surface area contributed by atoms with Crippen LogP contribution in [0.1, 0.15) is 23.2 Å². The Labute approximate surface area is 151 Å². The summed E-state index contributed by atoms with van der Waals surface area (Å²) in [7, 11) is -3.57. The first kappa shape index (κ1) is 16.7. The average molecular weight is 367 g/mol. The molecule has 6 nitrogen and oxygen atoms in total. The van der Waals surface area contributed by atoms with Crippen LogP contribution in [0.2, 0.25) is 0 Å². The van der Waals surface area contributed by atoms with E-state index in [1.807, 2.05) is 18.2 Å². The van der Waals surface area contributed by atoms with Crippen LogP contribution in [0.25, 0.3) is 10.9 Å². The van der Waals surface area contributed by atoms with Gasteiger partial charge < -0.3 is 5.32 Å². The minimum atomic E-state index is -3.57. The van der Waals surface area contributed by atoms with Gasteiger partial charge in [0.2, 0.25) is 10.0 Å². The number of para-hydroxylation sites is 1. The molecular formula is C19H17N3O3S. The molecule has 1 saturated carbocycles. The first-order chi connectivity index (χ1) is 12.5. The number of rotatable bonds is 5. The standard InChI is InChI=1S/C19H17N3O3S/c23-19(17-8-1-4-13-5-3-11-20-18(13)17)21-15-6-2-7-16(12-15)26(24,25)22-14-9-10-14/h1-8,11-12,14,22H,9-10H2,(H,21,23). The Morgan fingerprint density at radius 2 is 1.81 bits per heavy atom. The number of pyridine rings is 1. The van der Waals surface area contributed by atoms with Crippen molar-refractivity contribution in [1.82, 2.24) is 9.71 Å². The van der Waals surface area contributed by atoms with E-state index < -0.39 is 10.0 Å². The van der Waals surface area contributed by atoms with Crippen molar-refractivity contribution in [2.75, 3.05) is 5.32 Å². The Bertz CT molecular complexity index is 1090. The van der Waals surface area contributed by atoms with Crippen molar-refractivity contribution in [3.63, 3.8) is 0 Å². The Morgan fingerprint density at radius 3 is 2.62 bits per heavy atom. The smallest absolute Gasteiger partial charge is 0.257 e. The number of nitrogens with zero attached hydrogens (tertiary/aromatic N) is 1. The van der Waals surface area contributed by atoms with Gasteiger partial charge in [-0.05, 0) is 43.2 Å². The van der Waals surface area contributed by atoms with Gasteiger partial charge in [0.15, 0.2) is 0 Å². The third-order valence-electron chi connectivity index (χ3n) is 4.18. The van der Waals surface area contributed by atoms with Crippen LogP contribution in [0, 0.1) is 0 Å². The average Bonchev–Trinajstić information content (AvgIpc) is 3.45. The molecule has 2 N–H and O–H groups in total. The maximum Gasteiger partial charge on any atom is 0.257 e. The van der Waals surface area contributed by atoms with E-state index in [1.54, 1.807) is 30.5 Å². The summed E-state index contributed by atoms with van der Waals surface area (Å²) in [6, 6.07) is 15.3. The van der Waals surface area contributed by atoms with Crippen LogP contribution in [0.15, 0.2) is 65.7 Å². The van der Waals surface area contributed by atoms with Gasteiger partial charge in [-0.1, -0.05) is 24.3 Å². The molecular weight excluding hydrogens is 350 g/mol. The number of aromatic nitrogens is 1. The number of nitrogens with one attached hydrogen (secondary N) is 2. The molecule has 1 aliphatic rings. The van der Waals surface area contributed by atoms with Crippen molar-refractivity contribution in [1.29, 1.82) is 0 Å². The lowest BCUT2D eigenvalue weighted by atomic mass is 10.1. The third-order valence-corrected chi connectivity index (χ3v) is 5.70. The lowest BCUT2D eigenvalue weighted by molar-refractivity contribution is 0.102. The van der Waals surface area contributed by atoms with E-state index in [9.17, 15) is 13.2 Å². The monoisotopic (exact) mass is 367 g/mol. The number of sulfonamides is 1. The first-order valence-electron chi connectivity index (χ1n) is 8.30. The van der Waals surface area contributed by atoms with Crippen LogP contribution in [0.4, 0.5) is 5.69 Å². The number of amides is 1. The van der Waals surface area contributed by atoms with Gasteiger partial charge in [-0.15, -0.1) is 0 Å². The van der Waals surface area contributed by atoms with Crippen molar-refractivity contribution in [2.24, 2.45) is 0 Å². The number of benzene rings is 2. The minimum Gasteiger partial charge on any atom is -0.322 e. The van der Waals surface area contributed by atoms with Gasteiger partial charge in [0, 0.05) is 23.3 Å². The summed E-state index contributed by atoms with van der Waals surface area (Å²) in [6.45, 7) is 0. The lowest BCUT2D eigenvalue weighted by Gasteiger charge is -2.10. The van der Waals surface area contributed by atoms with Crippen LogP contribution in [-0.2, 0) is 10.0 Å². The van der Waals surface area contributed by atoms with Gasteiger partial charge >= 0.3 is 0 Å². The number of fused-ring (bicyclic) bond motifs is 1. The lowest BCUT2D eigenvalue weighted by Crippen LogP contribution is -2.25. The molecule has 3 aromatic rings. The van der Waals surface area contributed by atoms with Gasteiger partial charge in [0.05, 0.1) is 16.0 Å². The van der Waals surface area contributed by atoms with Gasteiger partial charge in [-0.25, -0.2) is 13.1 Å². The molecule has 0 saturated heterocycles. The molecule has 0 aliphatic heterocycles. The van der Waals surface area contributed by atoms with Crippen LogP contribution >= 0.6 is 0 Å². The SMILES string of the molecule is O=C(Nc1cccc(S(=O)(=O)NC2CC2)c1)c1cccc2cccnc12. The molecule has 0 radical (unpaired) electrons. The fraction of sp³-hybridized carbons (Fsp3) is 0.158. The zero-order valence-corrected chi connectivity index (χ0v) is 14.7. The maximum absolute atomic E-state index is 12.7. The van der Waals surface area contributed by atoms with Crippen molar-refractivity contribution < 1.29 is 13.2 Å². The van der Waals surface area contributed by atoms with Crippen molar-refractivity contribution >= 4 is 32.5 Å². The van der Waals surface area contributed by atoms with E-state index in [0.717, 1.165) is 18.2 Å². The van der Waals surface area contributed by atoms with E-state index in [-0.39, 0.29) is 16.8 Å². The fourth-order valence-corrected chi connectivity index (χ4v) is 4.07. The molecule has 0 atom stereocenters. The van der Waals surface area contributed by atoms with E-state index in [4.69, 9.17) is 0 Å². The van der Waals surface area contributed by atoms with Crippen LogP contribution in [0.5, 0.6) is 0 Å². The Kier molecular flexibility index (Phi) is 4.18. The summed E-state index contributed by atoms with van der Waals surface area (Å²) in [5.74, 6) is -0.334. The quantitative estimate of drug-likeness (QED) is 0.726. The predicted octanol–water partition coefficient (Wildman–Crippen LogP) is 2.93. The second-order valence-corrected chi connectivity index (χ2v) is 7.97. The summed E-state index contributed by atoms with van der Waals surface area (Å²) in [5.41, 5.74) is 1.46. The number of carbonyl (C=O) groups excluding carboxylic acids is 1. The second-order valence-electron chi connectivity index (χ2n) is 6.26. The van der Waals surface area contributed by atoms with Gasteiger partial charge in [0.1, 0.15) is 0 Å². The highest BCUT2D eigenvalue weighted by Crippen LogP contribution is 2.24. The maximum atomic E-state index is 12.7. The second kappa shape index (κ2) is 6.51. The van der Waals surface area contributed by atoms with Crippen LogP contribution < -0.4 is 10.0 Å². The molecule has 1 aliphatic carbocycles. The number of carbonyl (C=O) groups is 1. The molecule has 0 bridgehead atoms. The Hall–Kier alpha value is -2.77. The summed E-state index contributed by atoms with van der Waals surface area (Å²) in [4.78, 5) is 17.1. The molecule has 1 aromatic heterocycles. The largest absolute Gasteiger partial charge is 0.322 e. The van der Waals surface area contributed by atoms with Crippen molar-refractivity contribution in [2.45, 2.75) is 23.8 Å². The van der Waals surface area contributed by atoms with E-state index in [0.29, 0.717) is 16.8 Å². The van der Waals surface area contributed by atoms with E-state index in [2.05, 4.69) is 15.0 Å². The van der Waals surface area contributed by atoms with Crippen molar-refractivity contribution in [3.8, 4) is 0 Å². The van der Waals surface area contributed by atoms with Crippen LogP contribution in [-0.4, -0.2) is 25.4 Å². The summed E-state index contributed by atoms with van der Waals surface area (Å²) in [6.07, 6.45) is 3.36. The summed E-state index contributed by atoms with van der Waals surface area (Å²) < 4.78 is 27.3. The Morgan fingerprint density at radius 1 is 1.04 bits per heavy atom. The molecule has 0 spiro atoms. The predicted molar refractivity (Wildman–Crippen MR) is 99.5 cm³/mol. The molecule has 0 unspecified atom stereocenters. The minimum absolute atomic E-state index is 0.0278. The van der Waals surface area contributed by atoms with Gasteiger partial charge in [-0.2, -0.15) is 0 Å². The molecule has 1 amide bonds. The molecule has 1 fully saturated rings. The molecule has 2 aromatic carbocycles. The van der Waals surface area contributed by atoms with Gasteiger partial charge in [0.25, 0.3) is 5.91 Å². The summed E-state index contributed by atoms with van der Waals surface area (Å²) in [5, 5.41) is 3.63. The number of hydrogen-bond acceptors (Lipinski definition) is 4. The number of anilines is 1. The molecule has 132 valence electrons. The van der Waals surface area contributed by atoms with Crippen molar-refractivity contribution in [3.05, 3.63) is 66.4 Å². The molecule has 7 heteroatoms. The number of hydrogen-bond donors (Lipinski definition) is 2.